The molecule has 1 aromatic heterocycles. The van der Waals surface area contributed by atoms with Gasteiger partial charge in [0.05, 0.1) is 6.04 Å². The number of nitrogens with one attached hydrogen (secondary N) is 1. The number of benzene rings is 2. The molecular formula is C23H25F2N3O3S. The Bertz CT molecular complexity index is 1140. The summed E-state index contributed by atoms with van der Waals surface area (Å²) in [6, 6.07) is 11.5. The maximum atomic E-state index is 13.6. The van der Waals surface area contributed by atoms with Crippen molar-refractivity contribution in [1.82, 2.24) is 14.8 Å². The molecule has 0 radical (unpaired) electrons. The number of aryl methyl sites for hydroxylation is 2. The number of hydrogen-bond acceptors (Lipinski definition) is 5. The van der Waals surface area contributed by atoms with E-state index in [0.29, 0.717) is 30.6 Å². The summed E-state index contributed by atoms with van der Waals surface area (Å²) in [6.07, 6.45) is 1.37. The van der Waals surface area contributed by atoms with Crippen molar-refractivity contribution in [3.8, 4) is 11.1 Å². The summed E-state index contributed by atoms with van der Waals surface area (Å²) in [5, 5.41) is 3.73. The maximum absolute atomic E-state index is 13.6. The lowest BCUT2D eigenvalue weighted by molar-refractivity contribution is 0.198. The quantitative estimate of drug-likeness (QED) is 0.551. The van der Waals surface area contributed by atoms with Crippen LogP contribution in [-0.2, 0) is 21.2 Å². The highest BCUT2D eigenvalue weighted by molar-refractivity contribution is 7.95. The van der Waals surface area contributed by atoms with E-state index in [0.717, 1.165) is 30.3 Å². The number of nitrogens with zero attached hydrogens (tertiary/aromatic N) is 2. The molecule has 0 aliphatic carbocycles. The third-order valence-electron chi connectivity index (χ3n) is 5.73. The Morgan fingerprint density at radius 3 is 2.50 bits per heavy atom. The first kappa shape index (κ1) is 22.7. The molecule has 0 saturated carbocycles. The van der Waals surface area contributed by atoms with Crippen LogP contribution in [0.3, 0.4) is 0 Å². The molecule has 2 aromatic carbocycles. The molecule has 2 heterocycles. The number of likely N-dealkylation sites (tertiary alicyclic amines) is 1. The number of piperidine rings is 1. The van der Waals surface area contributed by atoms with E-state index in [1.165, 1.54) is 6.07 Å². The second-order valence-corrected chi connectivity index (χ2v) is 9.81. The van der Waals surface area contributed by atoms with E-state index in [1.54, 1.807) is 19.9 Å². The van der Waals surface area contributed by atoms with E-state index in [9.17, 15) is 17.5 Å². The maximum Gasteiger partial charge on any atom is 0.240 e. The van der Waals surface area contributed by atoms with Crippen LogP contribution in [0.2, 0.25) is 0 Å². The Balaban J connectivity index is 1.36. The number of aromatic nitrogens is 1. The van der Waals surface area contributed by atoms with Crippen LogP contribution >= 0.6 is 0 Å². The molecule has 1 fully saturated rings. The standard InChI is InChI=1S/C23H25F2N3O3S/c1-15-23(16(2)31-26-15)32(29,30)27-20-8-10-28(11-9-20)14-17-4-3-5-18(12-17)19-6-7-21(24)22(25)13-19/h3-7,12-13,20H,8-11,14H2,1-2H3,(H-,27,29,30). The van der Waals surface area contributed by atoms with E-state index < -0.39 is 22.0 Å². The molecular weight excluding hydrogens is 436 g/mol. The van der Waals surface area contributed by atoms with Crippen molar-refractivity contribution in [2.24, 2.45) is 0 Å². The van der Waals surface area contributed by atoms with Gasteiger partial charge in [-0.05, 0) is 54.7 Å². The fourth-order valence-corrected chi connectivity index (χ4v) is 5.76. The predicted octanol–water partition coefficient (Wildman–Crippen LogP) is 4.39. The van der Waals surface area contributed by atoms with Gasteiger partial charge in [-0.1, -0.05) is 33.6 Å². The minimum atomic E-state index is -3.68. The fraction of sp³-hybridized carbons (Fsp3) is 0.348. The zero-order chi connectivity index (χ0) is 22.9. The number of halogens is 2. The van der Waals surface area contributed by atoms with Gasteiger partial charge in [-0.25, -0.2) is 8.78 Å². The number of rotatable bonds is 6. The van der Waals surface area contributed by atoms with Crippen LogP contribution in [0.25, 0.3) is 11.1 Å². The monoisotopic (exact) mass is 461 g/mol. The molecule has 1 atom stereocenters. The summed E-state index contributed by atoms with van der Waals surface area (Å²) in [7, 11) is -3.68. The van der Waals surface area contributed by atoms with Gasteiger partial charge in [-0.15, -0.1) is 4.72 Å². The van der Waals surface area contributed by atoms with Crippen LogP contribution in [0, 0.1) is 25.5 Å². The van der Waals surface area contributed by atoms with Crippen molar-refractivity contribution in [3.63, 3.8) is 0 Å². The van der Waals surface area contributed by atoms with Gasteiger partial charge in [0.15, 0.2) is 27.8 Å². The Morgan fingerprint density at radius 2 is 1.84 bits per heavy atom. The highest BCUT2D eigenvalue weighted by Gasteiger charge is 2.33. The Morgan fingerprint density at radius 1 is 1.12 bits per heavy atom. The topological polar surface area (TPSA) is 81.4 Å². The summed E-state index contributed by atoms with van der Waals surface area (Å²) in [6.45, 7) is 5.38. The Labute approximate surface area is 187 Å². The summed E-state index contributed by atoms with van der Waals surface area (Å²) in [5.74, 6) is -1.44. The second kappa shape index (κ2) is 9.19. The number of hydrogen-bond donors (Lipinski definition) is 1. The zero-order valence-corrected chi connectivity index (χ0v) is 18.8. The lowest BCUT2D eigenvalue weighted by Gasteiger charge is -2.32. The molecule has 170 valence electrons. The smallest absolute Gasteiger partial charge is 0.240 e. The van der Waals surface area contributed by atoms with Gasteiger partial charge in [-0.3, -0.25) is 4.90 Å². The van der Waals surface area contributed by atoms with Gasteiger partial charge in [-0.2, -0.15) is 0 Å². The van der Waals surface area contributed by atoms with Crippen LogP contribution in [0.1, 0.15) is 29.9 Å². The summed E-state index contributed by atoms with van der Waals surface area (Å²) in [4.78, 5) is 2.37. The highest BCUT2D eigenvalue weighted by atomic mass is 32.3. The molecule has 1 unspecified atom stereocenters. The Kier molecular flexibility index (Phi) is 6.52. The molecule has 4 rings (SSSR count). The normalized spacial score (nSPS) is 17.4. The second-order valence-electron chi connectivity index (χ2n) is 8.15. The third-order valence-corrected chi connectivity index (χ3v) is 7.50. The van der Waals surface area contributed by atoms with Crippen molar-refractivity contribution in [1.29, 1.82) is 0 Å². The fourth-order valence-electron chi connectivity index (χ4n) is 4.13. The van der Waals surface area contributed by atoms with Gasteiger partial charge in [0.25, 0.3) is 0 Å². The molecule has 0 amide bonds. The SMILES string of the molecule is Cc1noc(C)c1[S+](=O)([O-])NC1CCN(Cc2cccc(-c3ccc(F)c(F)c3)c2)CC1. The predicted molar refractivity (Wildman–Crippen MR) is 116 cm³/mol. The largest absolute Gasteiger partial charge is 0.593 e. The van der Waals surface area contributed by atoms with Gasteiger partial charge in [0.2, 0.25) is 4.90 Å². The minimum absolute atomic E-state index is 0.119. The van der Waals surface area contributed by atoms with Crippen LogP contribution < -0.4 is 4.72 Å². The zero-order valence-electron chi connectivity index (χ0n) is 17.9. The van der Waals surface area contributed by atoms with Gasteiger partial charge in [0.1, 0.15) is 5.69 Å². The van der Waals surface area contributed by atoms with Crippen molar-refractivity contribution >= 4 is 10.4 Å². The van der Waals surface area contributed by atoms with E-state index in [-0.39, 0.29) is 16.7 Å². The molecule has 9 heteroatoms. The average Bonchev–Trinajstić information content (AvgIpc) is 3.10. The molecule has 32 heavy (non-hydrogen) atoms. The van der Waals surface area contributed by atoms with Crippen molar-refractivity contribution in [2.75, 3.05) is 13.1 Å². The van der Waals surface area contributed by atoms with E-state index >= 15 is 0 Å². The van der Waals surface area contributed by atoms with E-state index in [4.69, 9.17) is 4.52 Å². The molecule has 1 saturated heterocycles. The van der Waals surface area contributed by atoms with Crippen molar-refractivity contribution in [3.05, 3.63) is 71.1 Å². The molecule has 1 aliphatic rings. The van der Waals surface area contributed by atoms with E-state index in [2.05, 4.69) is 14.8 Å². The van der Waals surface area contributed by atoms with Crippen LogP contribution in [0.4, 0.5) is 8.78 Å². The molecule has 6 nitrogen and oxygen atoms in total. The number of sulfonamides is 1. The van der Waals surface area contributed by atoms with Gasteiger partial charge >= 0.3 is 0 Å². The molecule has 1 N–H and O–H groups in total. The van der Waals surface area contributed by atoms with Crippen LogP contribution in [0.5, 0.6) is 0 Å². The minimum Gasteiger partial charge on any atom is -0.593 e. The summed E-state index contributed by atoms with van der Waals surface area (Å²) < 4.78 is 60.0. The lowest BCUT2D eigenvalue weighted by Crippen LogP contribution is -2.46. The lowest BCUT2D eigenvalue weighted by atomic mass is 10.0. The van der Waals surface area contributed by atoms with Crippen molar-refractivity contribution in [2.45, 2.75) is 44.2 Å². The highest BCUT2D eigenvalue weighted by Crippen LogP contribution is 2.26. The third kappa shape index (κ3) is 4.96. The molecule has 0 spiro atoms. The van der Waals surface area contributed by atoms with Crippen LogP contribution in [-0.4, -0.2) is 33.7 Å². The first-order valence-corrected chi connectivity index (χ1v) is 11.9. The summed E-state index contributed by atoms with van der Waals surface area (Å²) in [5.41, 5.74) is 2.86. The Hall–Kier alpha value is -2.46. The first-order valence-electron chi connectivity index (χ1n) is 10.4. The van der Waals surface area contributed by atoms with E-state index in [1.807, 2.05) is 24.3 Å². The average molecular weight is 462 g/mol. The summed E-state index contributed by atoms with van der Waals surface area (Å²) >= 11 is 0. The van der Waals surface area contributed by atoms with Gasteiger partial charge < -0.3 is 9.08 Å². The molecule has 3 aromatic rings. The van der Waals surface area contributed by atoms with Gasteiger partial charge in [0, 0.05) is 26.6 Å². The van der Waals surface area contributed by atoms with Crippen molar-refractivity contribution < 1.29 is 22.1 Å². The molecule has 0 bridgehead atoms. The van der Waals surface area contributed by atoms with Crippen LogP contribution in [0.15, 0.2) is 51.9 Å². The molecule has 1 aliphatic heterocycles. The first-order chi connectivity index (χ1) is 15.2.